The molecule has 6 heteroatoms. The Morgan fingerprint density at radius 1 is 1.23 bits per heavy atom. The first-order valence-electron chi connectivity index (χ1n) is 9.54. The molecular formula is C20H30ClNO4. The molecule has 1 saturated carbocycles. The SMILES string of the molecule is Cc1ccc(Cl)c(OC[C@@]2(O)CN(CC3(O)CCCCC3)CC[C@@H]2O)c1. The first-order valence-corrected chi connectivity index (χ1v) is 9.92. The molecule has 1 aliphatic heterocycles. The van der Waals surface area contributed by atoms with Crippen molar-refractivity contribution in [3.8, 4) is 5.75 Å². The minimum Gasteiger partial charge on any atom is -0.489 e. The Morgan fingerprint density at radius 3 is 2.69 bits per heavy atom. The van der Waals surface area contributed by atoms with E-state index in [1.54, 1.807) is 6.07 Å². The van der Waals surface area contributed by atoms with E-state index < -0.39 is 17.3 Å². The average molecular weight is 384 g/mol. The molecule has 0 radical (unpaired) electrons. The highest BCUT2D eigenvalue weighted by molar-refractivity contribution is 6.32. The smallest absolute Gasteiger partial charge is 0.138 e. The summed E-state index contributed by atoms with van der Waals surface area (Å²) in [6.07, 6.45) is 4.48. The Bertz CT molecular complexity index is 620. The molecule has 0 spiro atoms. The number of rotatable bonds is 5. The average Bonchev–Trinajstić information content (AvgIpc) is 2.59. The summed E-state index contributed by atoms with van der Waals surface area (Å²) >= 11 is 6.16. The summed E-state index contributed by atoms with van der Waals surface area (Å²) in [7, 11) is 0. The van der Waals surface area contributed by atoms with Gasteiger partial charge in [-0.15, -0.1) is 0 Å². The maximum atomic E-state index is 11.0. The van der Waals surface area contributed by atoms with E-state index >= 15 is 0 Å². The molecule has 2 atom stereocenters. The number of aryl methyl sites for hydroxylation is 1. The van der Waals surface area contributed by atoms with Gasteiger partial charge in [0.25, 0.3) is 0 Å². The van der Waals surface area contributed by atoms with Crippen LogP contribution < -0.4 is 4.74 Å². The van der Waals surface area contributed by atoms with Crippen molar-refractivity contribution in [2.75, 3.05) is 26.2 Å². The van der Waals surface area contributed by atoms with E-state index in [-0.39, 0.29) is 13.2 Å². The van der Waals surface area contributed by atoms with Crippen LogP contribution in [0.1, 0.15) is 44.1 Å². The van der Waals surface area contributed by atoms with E-state index in [2.05, 4.69) is 4.90 Å². The fraction of sp³-hybridized carbons (Fsp3) is 0.700. The van der Waals surface area contributed by atoms with Crippen LogP contribution in [0, 0.1) is 6.92 Å². The van der Waals surface area contributed by atoms with Crippen LogP contribution in [0.4, 0.5) is 0 Å². The minimum absolute atomic E-state index is 0.0354. The summed E-state index contributed by atoms with van der Waals surface area (Å²) in [5.41, 5.74) is -1.04. The number of hydrogen-bond donors (Lipinski definition) is 3. The Labute approximate surface area is 160 Å². The zero-order chi connectivity index (χ0) is 18.8. The monoisotopic (exact) mass is 383 g/mol. The largest absolute Gasteiger partial charge is 0.489 e. The number of likely N-dealkylation sites (tertiary alicyclic amines) is 1. The van der Waals surface area contributed by atoms with Gasteiger partial charge in [-0.3, -0.25) is 4.90 Å². The quantitative estimate of drug-likeness (QED) is 0.728. The number of β-amino-alcohol motifs (C(OH)–C–C–N with tert-alkyl or cyclic N) is 2. The fourth-order valence-electron chi connectivity index (χ4n) is 4.13. The lowest BCUT2D eigenvalue weighted by Crippen LogP contribution is -2.62. The van der Waals surface area contributed by atoms with E-state index in [9.17, 15) is 15.3 Å². The van der Waals surface area contributed by atoms with E-state index in [0.717, 1.165) is 31.2 Å². The normalized spacial score (nSPS) is 29.5. The Morgan fingerprint density at radius 2 is 1.96 bits per heavy atom. The first kappa shape index (κ1) is 19.9. The van der Waals surface area contributed by atoms with Gasteiger partial charge in [-0.2, -0.15) is 0 Å². The molecule has 1 heterocycles. The van der Waals surface area contributed by atoms with Crippen LogP contribution in [0.2, 0.25) is 5.02 Å². The van der Waals surface area contributed by atoms with E-state index in [4.69, 9.17) is 16.3 Å². The fourth-order valence-corrected chi connectivity index (χ4v) is 4.30. The van der Waals surface area contributed by atoms with Gasteiger partial charge in [-0.05, 0) is 43.9 Å². The van der Waals surface area contributed by atoms with E-state index in [1.807, 2.05) is 19.1 Å². The second-order valence-electron chi connectivity index (χ2n) is 8.13. The van der Waals surface area contributed by atoms with Crippen molar-refractivity contribution < 1.29 is 20.1 Å². The summed E-state index contributed by atoms with van der Waals surface area (Å²) < 4.78 is 5.76. The van der Waals surface area contributed by atoms with Crippen LogP contribution in [-0.4, -0.2) is 63.8 Å². The molecule has 0 aromatic heterocycles. The summed E-state index contributed by atoms with van der Waals surface area (Å²) in [6, 6.07) is 5.48. The molecule has 26 heavy (non-hydrogen) atoms. The Hall–Kier alpha value is -0.850. The summed E-state index contributed by atoms with van der Waals surface area (Å²) in [4.78, 5) is 2.05. The van der Waals surface area contributed by atoms with Crippen LogP contribution in [0.5, 0.6) is 5.75 Å². The van der Waals surface area contributed by atoms with Crippen molar-refractivity contribution in [3.63, 3.8) is 0 Å². The number of aliphatic hydroxyl groups is 3. The van der Waals surface area contributed by atoms with Gasteiger partial charge in [0.15, 0.2) is 0 Å². The van der Waals surface area contributed by atoms with Crippen LogP contribution in [-0.2, 0) is 0 Å². The first-order chi connectivity index (χ1) is 12.3. The van der Waals surface area contributed by atoms with Crippen molar-refractivity contribution >= 4 is 11.6 Å². The topological polar surface area (TPSA) is 73.2 Å². The maximum absolute atomic E-state index is 11.0. The molecule has 146 valence electrons. The molecule has 3 rings (SSSR count). The molecule has 1 aliphatic carbocycles. The lowest BCUT2D eigenvalue weighted by molar-refractivity contribution is -0.149. The third-order valence-electron chi connectivity index (χ3n) is 5.70. The van der Waals surface area contributed by atoms with Crippen LogP contribution >= 0.6 is 11.6 Å². The van der Waals surface area contributed by atoms with Crippen molar-refractivity contribution in [2.24, 2.45) is 0 Å². The van der Waals surface area contributed by atoms with Crippen molar-refractivity contribution in [1.82, 2.24) is 4.90 Å². The number of piperidine rings is 1. The highest BCUT2D eigenvalue weighted by Gasteiger charge is 2.44. The van der Waals surface area contributed by atoms with Gasteiger partial charge in [0.05, 0.1) is 16.7 Å². The molecule has 1 saturated heterocycles. The van der Waals surface area contributed by atoms with Gasteiger partial charge in [0.1, 0.15) is 18.0 Å². The third kappa shape index (κ3) is 4.70. The molecular weight excluding hydrogens is 354 g/mol. The maximum Gasteiger partial charge on any atom is 0.138 e. The van der Waals surface area contributed by atoms with Crippen LogP contribution in [0.15, 0.2) is 18.2 Å². The molecule has 0 amide bonds. The van der Waals surface area contributed by atoms with Gasteiger partial charge >= 0.3 is 0 Å². The number of ether oxygens (including phenoxy) is 1. The zero-order valence-corrected chi connectivity index (χ0v) is 16.2. The predicted octanol–water partition coefficient (Wildman–Crippen LogP) is 2.52. The third-order valence-corrected chi connectivity index (χ3v) is 6.02. The molecule has 3 N–H and O–H groups in total. The van der Waals surface area contributed by atoms with Crippen LogP contribution in [0.25, 0.3) is 0 Å². The molecule has 5 nitrogen and oxygen atoms in total. The molecule has 2 aliphatic rings. The highest BCUT2D eigenvalue weighted by Crippen LogP contribution is 2.32. The van der Waals surface area contributed by atoms with Crippen molar-refractivity contribution in [1.29, 1.82) is 0 Å². The molecule has 1 aromatic carbocycles. The number of nitrogens with zero attached hydrogens (tertiary/aromatic N) is 1. The predicted molar refractivity (Wildman–Crippen MR) is 102 cm³/mol. The molecule has 2 fully saturated rings. The summed E-state index contributed by atoms with van der Waals surface area (Å²) in [5.74, 6) is 0.510. The van der Waals surface area contributed by atoms with E-state index in [1.165, 1.54) is 6.42 Å². The lowest BCUT2D eigenvalue weighted by atomic mass is 9.83. The van der Waals surface area contributed by atoms with Gasteiger partial charge in [-0.25, -0.2) is 0 Å². The highest BCUT2D eigenvalue weighted by atomic mass is 35.5. The number of halogens is 1. The summed E-state index contributed by atoms with van der Waals surface area (Å²) in [5, 5.41) is 32.7. The number of aliphatic hydroxyl groups excluding tert-OH is 1. The van der Waals surface area contributed by atoms with Gasteiger partial charge in [-0.1, -0.05) is 36.9 Å². The second-order valence-corrected chi connectivity index (χ2v) is 8.53. The van der Waals surface area contributed by atoms with Crippen molar-refractivity contribution in [3.05, 3.63) is 28.8 Å². The standard InChI is InChI=1S/C20H30ClNO4/c1-15-5-6-16(21)17(11-15)26-14-20(25)13-22(10-7-18(20)23)12-19(24)8-3-2-4-9-19/h5-6,11,18,23-25H,2-4,7-10,12-14H2,1H3/t18-,20-/m0/s1. The van der Waals surface area contributed by atoms with Gasteiger partial charge < -0.3 is 20.1 Å². The van der Waals surface area contributed by atoms with Gasteiger partial charge in [0.2, 0.25) is 0 Å². The Balaban J connectivity index is 1.63. The van der Waals surface area contributed by atoms with Crippen LogP contribution in [0.3, 0.4) is 0 Å². The minimum atomic E-state index is -1.38. The Kier molecular flexibility index (Phi) is 6.14. The molecule has 1 aromatic rings. The van der Waals surface area contributed by atoms with E-state index in [0.29, 0.717) is 30.3 Å². The zero-order valence-electron chi connectivity index (χ0n) is 15.5. The number of hydrogen-bond acceptors (Lipinski definition) is 5. The number of benzene rings is 1. The van der Waals surface area contributed by atoms with Gasteiger partial charge in [0, 0.05) is 19.6 Å². The second kappa shape index (κ2) is 8.03. The molecule has 0 unspecified atom stereocenters. The lowest BCUT2D eigenvalue weighted by Gasteiger charge is -2.45. The van der Waals surface area contributed by atoms with Crippen molar-refractivity contribution in [2.45, 2.75) is 62.8 Å². The summed E-state index contributed by atoms with van der Waals surface area (Å²) in [6.45, 7) is 3.39. The molecule has 0 bridgehead atoms.